The number of benzene rings is 8. The van der Waals surface area contributed by atoms with E-state index >= 15 is 0 Å². The Labute approximate surface area is 433 Å². The summed E-state index contributed by atoms with van der Waals surface area (Å²) in [5, 5.41) is 2.38. The summed E-state index contributed by atoms with van der Waals surface area (Å²) in [6.45, 7) is 23.8. The Kier molecular flexibility index (Phi) is 11.7. The SMILES string of the molecule is CC(C)(C)c1cc(N2CN(c3cccc(N(c4ccccc4)c4ccc5c6cc(C(C)(C)c7ccccc7)ccc6n(-c6cc(C(C)(C)c7ccccc7)ccn6)c5c4)c3)c3ccccc32)cc(C(C)(C)C)c1. The Morgan fingerprint density at radius 1 is 0.370 bits per heavy atom. The van der Waals surface area contributed by atoms with E-state index in [1.165, 1.54) is 61.2 Å². The first-order valence-corrected chi connectivity index (χ1v) is 25.9. The van der Waals surface area contributed by atoms with Crippen molar-refractivity contribution in [2.45, 2.75) is 90.9 Å². The van der Waals surface area contributed by atoms with Gasteiger partial charge in [-0.3, -0.25) is 4.57 Å². The van der Waals surface area contributed by atoms with Crippen LogP contribution in [-0.2, 0) is 21.7 Å². The molecule has 0 fully saturated rings. The van der Waals surface area contributed by atoms with Crippen LogP contribution in [0.5, 0.6) is 0 Å². The Morgan fingerprint density at radius 3 is 1.51 bits per heavy atom. The molecule has 73 heavy (non-hydrogen) atoms. The minimum absolute atomic E-state index is 0.00357. The first-order valence-electron chi connectivity index (χ1n) is 25.9. The van der Waals surface area contributed by atoms with Gasteiger partial charge >= 0.3 is 0 Å². The number of para-hydroxylation sites is 3. The molecule has 0 aliphatic carbocycles. The Hall–Kier alpha value is -7.89. The van der Waals surface area contributed by atoms with E-state index in [-0.39, 0.29) is 21.7 Å². The minimum Gasteiger partial charge on any atom is -0.321 e. The van der Waals surface area contributed by atoms with Gasteiger partial charge < -0.3 is 14.7 Å². The van der Waals surface area contributed by atoms with Crippen molar-refractivity contribution < 1.29 is 0 Å². The first kappa shape index (κ1) is 47.4. The summed E-state index contributed by atoms with van der Waals surface area (Å²) in [7, 11) is 0. The van der Waals surface area contributed by atoms with Gasteiger partial charge in [-0.1, -0.05) is 184 Å². The van der Waals surface area contributed by atoms with Crippen molar-refractivity contribution in [3.63, 3.8) is 0 Å². The Balaban J connectivity index is 1.06. The van der Waals surface area contributed by atoms with Crippen molar-refractivity contribution in [3.8, 4) is 5.82 Å². The fourth-order valence-corrected chi connectivity index (χ4v) is 10.9. The maximum Gasteiger partial charge on any atom is 0.137 e. The van der Waals surface area contributed by atoms with Gasteiger partial charge in [0.05, 0.1) is 22.4 Å². The molecule has 364 valence electrons. The van der Waals surface area contributed by atoms with Gasteiger partial charge in [-0.25, -0.2) is 4.98 Å². The molecule has 0 spiro atoms. The van der Waals surface area contributed by atoms with Crippen LogP contribution in [0, 0.1) is 0 Å². The highest BCUT2D eigenvalue weighted by atomic mass is 15.4. The zero-order valence-electron chi connectivity index (χ0n) is 44.2. The average Bonchev–Trinajstić information content (AvgIpc) is 3.95. The number of aromatic nitrogens is 2. The summed E-state index contributed by atoms with van der Waals surface area (Å²) in [5.41, 5.74) is 17.4. The van der Waals surface area contributed by atoms with Crippen molar-refractivity contribution in [1.82, 2.24) is 9.55 Å². The van der Waals surface area contributed by atoms with Gasteiger partial charge in [-0.15, -0.1) is 0 Å². The third-order valence-electron chi connectivity index (χ3n) is 15.5. The van der Waals surface area contributed by atoms with E-state index in [9.17, 15) is 0 Å². The summed E-state index contributed by atoms with van der Waals surface area (Å²) in [4.78, 5) is 12.5. The normalized spacial score (nSPS) is 13.2. The highest BCUT2D eigenvalue weighted by molar-refractivity contribution is 6.10. The molecule has 1 aliphatic rings. The molecule has 0 unspecified atom stereocenters. The largest absolute Gasteiger partial charge is 0.321 e. The summed E-state index contributed by atoms with van der Waals surface area (Å²) < 4.78 is 2.38. The number of rotatable bonds is 10. The number of fused-ring (bicyclic) bond motifs is 4. The van der Waals surface area contributed by atoms with Crippen LogP contribution in [0.1, 0.15) is 103 Å². The number of hydrogen-bond donors (Lipinski definition) is 0. The maximum atomic E-state index is 5.17. The summed E-state index contributed by atoms with van der Waals surface area (Å²) in [6, 6.07) is 76.1. The molecule has 1 aliphatic heterocycles. The maximum absolute atomic E-state index is 5.17. The standard InChI is InChI=1S/C68H67N5/c1-65(2,3)51-39-52(66(4,5)6)41-57(40-51)71-46-70(61-31-20-21-32-62(61)71)54-29-22-30-55(44-54)72(53-27-18-13-19-28-53)56-34-35-58-59-42-49(67(7,8)47-23-14-11-15-24-47)33-36-60(59)73(63(58)45-56)64-43-50(37-38-69-64)68(9,10)48-25-16-12-17-26-48/h11-45H,46H2,1-10H3. The Bertz CT molecular complexity index is 3600. The molecule has 10 aromatic rings. The van der Waals surface area contributed by atoms with Crippen LogP contribution in [0.15, 0.2) is 212 Å². The third kappa shape index (κ3) is 8.65. The molecule has 5 nitrogen and oxygen atoms in total. The fraction of sp³-hybridized carbons (Fsp3) is 0.221. The topological polar surface area (TPSA) is 27.5 Å². The van der Waals surface area contributed by atoms with Gasteiger partial charge in [-0.2, -0.15) is 0 Å². The second-order valence-corrected chi connectivity index (χ2v) is 23.1. The Morgan fingerprint density at radius 2 is 0.904 bits per heavy atom. The lowest BCUT2D eigenvalue weighted by Gasteiger charge is -2.30. The molecule has 0 saturated carbocycles. The zero-order valence-corrected chi connectivity index (χ0v) is 44.2. The molecular formula is C68H67N5. The van der Waals surface area contributed by atoms with Gasteiger partial charge in [0.15, 0.2) is 0 Å². The first-order chi connectivity index (χ1) is 35.0. The highest BCUT2D eigenvalue weighted by Gasteiger charge is 2.32. The second-order valence-electron chi connectivity index (χ2n) is 23.1. The minimum atomic E-state index is -0.246. The van der Waals surface area contributed by atoms with E-state index in [4.69, 9.17) is 4.98 Å². The number of anilines is 7. The molecule has 0 amide bonds. The third-order valence-corrected chi connectivity index (χ3v) is 15.5. The van der Waals surface area contributed by atoms with E-state index in [0.717, 1.165) is 39.6 Å². The second kappa shape index (κ2) is 18.0. The quantitative estimate of drug-likeness (QED) is 0.137. The average molecular weight is 954 g/mol. The molecule has 11 rings (SSSR count). The molecule has 0 N–H and O–H groups in total. The number of hydrogen-bond acceptors (Lipinski definition) is 4. The molecule has 0 saturated heterocycles. The van der Waals surface area contributed by atoms with Crippen LogP contribution < -0.4 is 14.7 Å². The van der Waals surface area contributed by atoms with Crippen molar-refractivity contribution in [3.05, 3.63) is 246 Å². The lowest BCUT2D eigenvalue weighted by molar-refractivity contribution is 0.568. The van der Waals surface area contributed by atoms with E-state index < -0.39 is 0 Å². The van der Waals surface area contributed by atoms with Crippen LogP contribution in [0.3, 0.4) is 0 Å². The lowest BCUT2D eigenvalue weighted by atomic mass is 9.78. The van der Waals surface area contributed by atoms with Crippen LogP contribution in [0.2, 0.25) is 0 Å². The predicted molar refractivity (Wildman–Crippen MR) is 310 cm³/mol. The number of pyridine rings is 1. The fourth-order valence-electron chi connectivity index (χ4n) is 10.9. The van der Waals surface area contributed by atoms with Crippen LogP contribution >= 0.6 is 0 Å². The van der Waals surface area contributed by atoms with Crippen molar-refractivity contribution in [2.75, 3.05) is 21.4 Å². The zero-order chi connectivity index (χ0) is 50.9. The van der Waals surface area contributed by atoms with Crippen molar-refractivity contribution in [1.29, 1.82) is 0 Å². The summed E-state index contributed by atoms with van der Waals surface area (Å²) >= 11 is 0. The molecule has 0 atom stereocenters. The molecule has 3 heterocycles. The van der Waals surface area contributed by atoms with Crippen LogP contribution in [0.4, 0.5) is 39.8 Å². The molecular weight excluding hydrogens is 887 g/mol. The summed E-state index contributed by atoms with van der Waals surface area (Å²) in [5.74, 6) is 0.891. The lowest BCUT2D eigenvalue weighted by Crippen LogP contribution is -2.25. The number of nitrogens with zero attached hydrogens (tertiary/aromatic N) is 5. The van der Waals surface area contributed by atoms with Gasteiger partial charge in [-0.05, 0) is 135 Å². The molecule has 0 radical (unpaired) electrons. The summed E-state index contributed by atoms with van der Waals surface area (Å²) in [6.07, 6.45) is 1.98. The molecule has 5 heteroatoms. The molecule has 0 bridgehead atoms. The highest BCUT2D eigenvalue weighted by Crippen LogP contribution is 2.48. The van der Waals surface area contributed by atoms with Gasteiger partial charge in [0.25, 0.3) is 0 Å². The van der Waals surface area contributed by atoms with E-state index in [1.54, 1.807) is 0 Å². The smallest absolute Gasteiger partial charge is 0.137 e. The van der Waals surface area contributed by atoms with E-state index in [2.05, 4.69) is 295 Å². The monoisotopic (exact) mass is 954 g/mol. The van der Waals surface area contributed by atoms with E-state index in [1.807, 2.05) is 6.20 Å². The van der Waals surface area contributed by atoms with Gasteiger partial charge in [0.1, 0.15) is 12.5 Å². The van der Waals surface area contributed by atoms with Gasteiger partial charge in [0.2, 0.25) is 0 Å². The van der Waals surface area contributed by atoms with Crippen LogP contribution in [-0.4, -0.2) is 16.2 Å². The van der Waals surface area contributed by atoms with E-state index in [0.29, 0.717) is 6.67 Å². The molecule has 8 aromatic carbocycles. The molecule has 2 aromatic heterocycles. The van der Waals surface area contributed by atoms with Gasteiger partial charge in [0, 0.05) is 56.2 Å². The van der Waals surface area contributed by atoms with Crippen molar-refractivity contribution in [2.24, 2.45) is 0 Å². The van der Waals surface area contributed by atoms with Crippen LogP contribution in [0.25, 0.3) is 27.6 Å². The predicted octanol–water partition coefficient (Wildman–Crippen LogP) is 18.1. The van der Waals surface area contributed by atoms with Crippen molar-refractivity contribution >= 4 is 61.6 Å².